The van der Waals surface area contributed by atoms with Crippen molar-refractivity contribution in [1.29, 1.82) is 0 Å². The van der Waals surface area contributed by atoms with E-state index in [0.717, 1.165) is 32.9 Å². The number of hydrogen-bond donors (Lipinski definition) is 2. The van der Waals surface area contributed by atoms with Crippen molar-refractivity contribution in [3.63, 3.8) is 0 Å². The summed E-state index contributed by atoms with van der Waals surface area (Å²) >= 11 is 0. The second-order valence-electron chi connectivity index (χ2n) is 8.98. The van der Waals surface area contributed by atoms with Gasteiger partial charge < -0.3 is 29.8 Å². The van der Waals surface area contributed by atoms with Crippen molar-refractivity contribution in [2.75, 3.05) is 0 Å². The molecule has 198 valence electrons. The topological polar surface area (TPSA) is 137 Å². The smallest absolute Gasteiger partial charge is 0.548 e. The van der Waals surface area contributed by atoms with E-state index in [4.69, 9.17) is 0 Å². The molecule has 9 heteroatoms. The van der Waals surface area contributed by atoms with E-state index in [-0.39, 0.29) is 33.3 Å². The molecule has 0 saturated carbocycles. The molecule has 0 saturated heterocycles. The summed E-state index contributed by atoms with van der Waals surface area (Å²) in [6, 6.07) is 20.2. The molecule has 0 fully saturated rings. The van der Waals surface area contributed by atoms with Crippen molar-refractivity contribution in [2.45, 2.75) is 24.9 Å². The first-order valence-electron chi connectivity index (χ1n) is 12.2. The number of benzene rings is 3. The second-order valence-corrected chi connectivity index (χ2v) is 8.98. The first-order chi connectivity index (χ1) is 18.5. The predicted octanol–water partition coefficient (Wildman–Crippen LogP) is 2.21. The first-order valence-corrected chi connectivity index (χ1v) is 12.2. The van der Waals surface area contributed by atoms with Gasteiger partial charge in [0, 0.05) is 70.6 Å². The minimum atomic E-state index is -1.28. The minimum absolute atomic E-state index is 0. The Labute approximate surface area is 238 Å². The fourth-order valence-electron chi connectivity index (χ4n) is 4.50. The number of aliphatic carboxylic acids is 2. The molecule has 2 heterocycles. The van der Waals surface area contributed by atoms with Gasteiger partial charge in [-0.05, 0) is 23.3 Å². The number of carbonyl (C=O) groups is 2. The molecule has 2 atom stereocenters. The van der Waals surface area contributed by atoms with Gasteiger partial charge in [-0.1, -0.05) is 60.7 Å². The molecular weight excluding hydrogens is 587 g/mol. The third kappa shape index (κ3) is 6.40. The van der Waals surface area contributed by atoms with Crippen LogP contribution in [0.4, 0.5) is 0 Å². The molecule has 8 nitrogen and oxygen atoms in total. The van der Waals surface area contributed by atoms with Crippen molar-refractivity contribution < 1.29 is 40.2 Å². The zero-order valence-electron chi connectivity index (χ0n) is 20.7. The van der Waals surface area contributed by atoms with Crippen LogP contribution in [0.1, 0.15) is 22.3 Å². The van der Waals surface area contributed by atoms with Crippen LogP contribution in [0.5, 0.6) is 0 Å². The van der Waals surface area contributed by atoms with Crippen LogP contribution in [0, 0.1) is 0 Å². The fraction of sp³-hybridized carbons (Fsp3) is 0.133. The number of carboxylic acids is 2. The van der Waals surface area contributed by atoms with Crippen LogP contribution in [0.15, 0.2) is 95.2 Å². The third-order valence-electron chi connectivity index (χ3n) is 6.50. The summed E-state index contributed by atoms with van der Waals surface area (Å²) in [4.78, 5) is 38.6. The van der Waals surface area contributed by atoms with E-state index in [2.05, 4.69) is 20.0 Å². The van der Waals surface area contributed by atoms with Gasteiger partial charge in [0.15, 0.2) is 0 Å². The number of H-pyrrole nitrogens is 2. The molecule has 39 heavy (non-hydrogen) atoms. The van der Waals surface area contributed by atoms with Crippen molar-refractivity contribution in [2.24, 2.45) is 9.98 Å². The van der Waals surface area contributed by atoms with Crippen LogP contribution in [0.2, 0.25) is 0 Å². The van der Waals surface area contributed by atoms with Crippen LogP contribution in [0.3, 0.4) is 0 Å². The summed E-state index contributed by atoms with van der Waals surface area (Å²) < 4.78 is 0. The quantitative estimate of drug-likeness (QED) is 0.185. The molecule has 2 N–H and O–H groups in total. The van der Waals surface area contributed by atoms with Crippen molar-refractivity contribution >= 4 is 46.2 Å². The van der Waals surface area contributed by atoms with Crippen LogP contribution in [-0.4, -0.2) is 46.4 Å². The number of aromatic amines is 2. The van der Waals surface area contributed by atoms with E-state index in [0.29, 0.717) is 11.1 Å². The molecule has 0 aliphatic rings. The number of nitrogens with zero attached hydrogens (tertiary/aromatic N) is 2. The summed E-state index contributed by atoms with van der Waals surface area (Å²) in [7, 11) is 0. The van der Waals surface area contributed by atoms with E-state index in [9.17, 15) is 19.8 Å². The molecule has 0 aliphatic carbocycles. The van der Waals surface area contributed by atoms with Gasteiger partial charge in [0.2, 0.25) is 0 Å². The summed E-state index contributed by atoms with van der Waals surface area (Å²) in [5.74, 6) is -2.57. The van der Waals surface area contributed by atoms with E-state index in [1.807, 2.05) is 48.5 Å². The molecule has 3 aromatic carbocycles. The standard InChI is InChI=1S/C30H26N4O4.Pd/c35-29(36)27(13-21-17-31-25-11-5-3-9-23(21)25)33-15-19-7-1-2-8-20(19)16-34-28(30(37)38)14-22-18-32-26-12-6-4-10-24(22)26;/h1-12,15-18,27-28,31-32H,13-14H2,(H,35,36)(H,37,38);/q;+2/p-2/t27-,28-;/m0./s1. The maximum Gasteiger partial charge on any atom is 2.00 e. The van der Waals surface area contributed by atoms with E-state index >= 15 is 0 Å². The molecule has 0 radical (unpaired) electrons. The summed E-state index contributed by atoms with van der Waals surface area (Å²) in [5, 5.41) is 25.6. The summed E-state index contributed by atoms with van der Waals surface area (Å²) in [6.45, 7) is 0. The first kappa shape index (κ1) is 27.7. The number of hydrogen-bond acceptors (Lipinski definition) is 6. The minimum Gasteiger partial charge on any atom is -0.548 e. The zero-order chi connectivity index (χ0) is 26.5. The average molecular weight is 611 g/mol. The molecule has 0 aliphatic heterocycles. The van der Waals surface area contributed by atoms with Crippen LogP contribution in [-0.2, 0) is 42.9 Å². The Balaban J connectivity index is 0.00000353. The van der Waals surface area contributed by atoms with Crippen molar-refractivity contribution in [3.8, 4) is 0 Å². The maximum atomic E-state index is 11.9. The van der Waals surface area contributed by atoms with E-state index in [1.165, 1.54) is 12.4 Å². The van der Waals surface area contributed by atoms with Gasteiger partial charge in [-0.2, -0.15) is 0 Å². The monoisotopic (exact) mass is 610 g/mol. The number of para-hydroxylation sites is 2. The average Bonchev–Trinajstić information content (AvgIpc) is 3.53. The summed E-state index contributed by atoms with van der Waals surface area (Å²) in [6.07, 6.45) is 6.82. The Morgan fingerprint density at radius 3 is 1.46 bits per heavy atom. The predicted molar refractivity (Wildman–Crippen MR) is 143 cm³/mol. The van der Waals surface area contributed by atoms with Gasteiger partial charge in [0.05, 0.1) is 24.0 Å². The maximum absolute atomic E-state index is 11.9. The molecule has 0 amide bonds. The number of rotatable bonds is 10. The van der Waals surface area contributed by atoms with Crippen molar-refractivity contribution in [3.05, 3.63) is 107 Å². The number of nitrogens with one attached hydrogen (secondary N) is 2. The number of aliphatic imine (C=N–C) groups is 2. The zero-order valence-corrected chi connectivity index (χ0v) is 22.2. The van der Waals surface area contributed by atoms with Crippen LogP contribution < -0.4 is 10.2 Å². The van der Waals surface area contributed by atoms with Gasteiger partial charge in [-0.15, -0.1) is 0 Å². The number of aromatic nitrogens is 2. The second kappa shape index (κ2) is 12.5. The van der Waals surface area contributed by atoms with Gasteiger partial charge in [0.25, 0.3) is 0 Å². The molecule has 0 spiro atoms. The number of fused-ring (bicyclic) bond motifs is 2. The van der Waals surface area contributed by atoms with E-state index in [1.54, 1.807) is 36.7 Å². The third-order valence-corrected chi connectivity index (χ3v) is 6.50. The van der Waals surface area contributed by atoms with Crippen LogP contribution in [0.25, 0.3) is 21.8 Å². The Morgan fingerprint density at radius 1 is 0.667 bits per heavy atom. The molecule has 5 rings (SSSR count). The molecule has 0 unspecified atom stereocenters. The van der Waals surface area contributed by atoms with Gasteiger partial charge >= 0.3 is 20.4 Å². The van der Waals surface area contributed by atoms with Gasteiger partial charge in [0.1, 0.15) is 0 Å². The normalized spacial score (nSPS) is 13.1. The molecule has 5 aromatic rings. The number of carbonyl (C=O) groups excluding carboxylic acids is 2. The van der Waals surface area contributed by atoms with Gasteiger partial charge in [-0.25, -0.2) is 0 Å². The Bertz CT molecular complexity index is 1550. The Kier molecular flexibility index (Phi) is 8.87. The van der Waals surface area contributed by atoms with Crippen LogP contribution >= 0.6 is 0 Å². The fourth-order valence-corrected chi connectivity index (χ4v) is 4.50. The Morgan fingerprint density at radius 2 is 1.05 bits per heavy atom. The number of carboxylic acid groups (broad SMARTS) is 2. The Hall–Kier alpha value is -4.32. The molecule has 0 bridgehead atoms. The van der Waals surface area contributed by atoms with E-state index < -0.39 is 24.0 Å². The molecule has 2 aromatic heterocycles. The van der Waals surface area contributed by atoms with Gasteiger partial charge in [-0.3, -0.25) is 9.98 Å². The SMILES string of the molecule is O=C([O-])[C@H](Cc1c[nH]c2ccccc12)N=Cc1ccccc1C=N[C@@H](Cc1c[nH]c2ccccc12)C(=O)[O-].[Pd+2]. The molecular formula is C30H24N4O4Pd. The summed E-state index contributed by atoms with van der Waals surface area (Å²) in [5.41, 5.74) is 4.70. The largest absolute Gasteiger partial charge is 2.00 e. The van der Waals surface area contributed by atoms with Crippen molar-refractivity contribution in [1.82, 2.24) is 9.97 Å².